The molecule has 2 nitrogen and oxygen atoms in total. The first-order valence-corrected chi connectivity index (χ1v) is 6.14. The van der Waals surface area contributed by atoms with Crippen molar-refractivity contribution in [1.82, 2.24) is 5.32 Å². The molecule has 0 aromatic heterocycles. The van der Waals surface area contributed by atoms with Crippen LogP contribution in [-0.2, 0) is 0 Å². The summed E-state index contributed by atoms with van der Waals surface area (Å²) in [6.45, 7) is 1.01. The number of hydrogen-bond donors (Lipinski definition) is 1. The maximum Gasteiger partial charge on any atom is 0.164 e. The van der Waals surface area contributed by atoms with Crippen molar-refractivity contribution in [1.29, 1.82) is 0 Å². The van der Waals surface area contributed by atoms with Gasteiger partial charge in [-0.3, -0.25) is 4.79 Å². The highest BCUT2D eigenvalue weighted by Crippen LogP contribution is 2.23. The lowest BCUT2D eigenvalue weighted by Crippen LogP contribution is -2.24. The van der Waals surface area contributed by atoms with Crippen LogP contribution in [0.5, 0.6) is 0 Å². The third-order valence-corrected chi connectivity index (χ3v) is 3.57. The second kappa shape index (κ2) is 5.17. The average molecular weight is 258 g/mol. The number of halogens is 2. The molecule has 0 aliphatic carbocycles. The van der Waals surface area contributed by atoms with E-state index in [1.165, 1.54) is 0 Å². The van der Waals surface area contributed by atoms with Gasteiger partial charge in [0.05, 0.1) is 10.0 Å². The number of rotatable bonds is 3. The van der Waals surface area contributed by atoms with Crippen LogP contribution in [0.3, 0.4) is 0 Å². The predicted octanol–water partition coefficient (Wildman–Crippen LogP) is 3.32. The molecule has 1 N–H and O–H groups in total. The Morgan fingerprint density at radius 2 is 2.19 bits per heavy atom. The van der Waals surface area contributed by atoms with E-state index < -0.39 is 0 Å². The number of ketones is 1. The Balaban J connectivity index is 2.05. The lowest BCUT2D eigenvalue weighted by atomic mass is 10.0. The predicted molar refractivity (Wildman–Crippen MR) is 66.4 cm³/mol. The summed E-state index contributed by atoms with van der Waals surface area (Å²) < 4.78 is 0. The van der Waals surface area contributed by atoms with Crippen molar-refractivity contribution in [2.75, 3.05) is 6.54 Å². The molecule has 0 spiro atoms. The molecule has 4 heteroatoms. The van der Waals surface area contributed by atoms with E-state index in [1.807, 2.05) is 0 Å². The molecule has 1 aromatic rings. The summed E-state index contributed by atoms with van der Waals surface area (Å²) >= 11 is 11.7. The Morgan fingerprint density at radius 1 is 1.38 bits per heavy atom. The fourth-order valence-corrected chi connectivity index (χ4v) is 2.24. The van der Waals surface area contributed by atoms with Gasteiger partial charge in [0.25, 0.3) is 0 Å². The highest BCUT2D eigenvalue weighted by molar-refractivity contribution is 6.42. The Labute approximate surface area is 105 Å². The van der Waals surface area contributed by atoms with Gasteiger partial charge in [0.15, 0.2) is 5.78 Å². The maximum atomic E-state index is 11.9. The number of nitrogens with one attached hydrogen (secondary N) is 1. The molecule has 1 aromatic carbocycles. The number of hydrogen-bond acceptors (Lipinski definition) is 2. The average Bonchev–Trinajstić information content (AvgIpc) is 2.74. The highest BCUT2D eigenvalue weighted by atomic mass is 35.5. The Hall–Kier alpha value is -0.570. The van der Waals surface area contributed by atoms with E-state index in [2.05, 4.69) is 5.32 Å². The van der Waals surface area contributed by atoms with Gasteiger partial charge in [-0.15, -0.1) is 0 Å². The van der Waals surface area contributed by atoms with Crippen molar-refractivity contribution < 1.29 is 4.79 Å². The fourth-order valence-electron chi connectivity index (χ4n) is 1.94. The number of carbonyl (C=O) groups excluding carboxylic acids is 1. The number of carbonyl (C=O) groups is 1. The molecule has 86 valence electrons. The summed E-state index contributed by atoms with van der Waals surface area (Å²) in [5.74, 6) is 0.123. The largest absolute Gasteiger partial charge is 0.314 e. The molecule has 0 bridgehead atoms. The minimum atomic E-state index is 0.123. The second-order valence-corrected chi connectivity index (χ2v) is 4.86. The van der Waals surface area contributed by atoms with Crippen molar-refractivity contribution in [3.05, 3.63) is 33.8 Å². The molecular formula is C12H13Cl2NO. The molecule has 1 fully saturated rings. The van der Waals surface area contributed by atoms with Gasteiger partial charge in [-0.25, -0.2) is 0 Å². The zero-order valence-corrected chi connectivity index (χ0v) is 10.3. The monoisotopic (exact) mass is 257 g/mol. The Morgan fingerprint density at radius 3 is 2.81 bits per heavy atom. The highest BCUT2D eigenvalue weighted by Gasteiger charge is 2.18. The van der Waals surface area contributed by atoms with Gasteiger partial charge in [0, 0.05) is 18.0 Å². The van der Waals surface area contributed by atoms with Crippen LogP contribution in [0.1, 0.15) is 29.6 Å². The molecular weight excluding hydrogens is 245 g/mol. The van der Waals surface area contributed by atoms with Crippen LogP contribution < -0.4 is 5.32 Å². The fraction of sp³-hybridized carbons (Fsp3) is 0.417. The standard InChI is InChI=1S/C12H13Cl2NO/c13-10-4-3-8(6-11(10)14)12(16)7-9-2-1-5-15-9/h3-4,6,9,15H,1-2,5,7H2. The van der Waals surface area contributed by atoms with E-state index in [0.717, 1.165) is 19.4 Å². The van der Waals surface area contributed by atoms with Gasteiger partial charge in [0.2, 0.25) is 0 Å². The molecule has 1 heterocycles. The Bertz CT molecular complexity index is 400. The topological polar surface area (TPSA) is 29.1 Å². The van der Waals surface area contributed by atoms with Crippen molar-refractivity contribution in [3.63, 3.8) is 0 Å². The molecule has 1 saturated heterocycles. The van der Waals surface area contributed by atoms with Crippen LogP contribution in [0.25, 0.3) is 0 Å². The summed E-state index contributed by atoms with van der Waals surface area (Å²) in [7, 11) is 0. The SMILES string of the molecule is O=C(CC1CCCN1)c1ccc(Cl)c(Cl)c1. The quantitative estimate of drug-likeness (QED) is 0.842. The van der Waals surface area contributed by atoms with Crippen LogP contribution in [0.4, 0.5) is 0 Å². The van der Waals surface area contributed by atoms with Crippen LogP contribution in [0, 0.1) is 0 Å². The van der Waals surface area contributed by atoms with E-state index in [-0.39, 0.29) is 5.78 Å². The molecule has 1 unspecified atom stereocenters. The first-order chi connectivity index (χ1) is 7.66. The normalized spacial score (nSPS) is 20.0. The molecule has 0 radical (unpaired) electrons. The van der Waals surface area contributed by atoms with E-state index in [1.54, 1.807) is 18.2 Å². The van der Waals surface area contributed by atoms with Crippen LogP contribution in [-0.4, -0.2) is 18.4 Å². The molecule has 0 amide bonds. The first kappa shape index (κ1) is 11.9. The maximum absolute atomic E-state index is 11.9. The van der Waals surface area contributed by atoms with Crippen LogP contribution >= 0.6 is 23.2 Å². The molecule has 16 heavy (non-hydrogen) atoms. The molecule has 1 aliphatic rings. The molecule has 1 atom stereocenters. The van der Waals surface area contributed by atoms with Crippen molar-refractivity contribution in [2.45, 2.75) is 25.3 Å². The summed E-state index contributed by atoms with van der Waals surface area (Å²) in [5, 5.41) is 4.22. The third-order valence-electron chi connectivity index (χ3n) is 2.84. The number of Topliss-reactive ketones (excluding diaryl/α,β-unsaturated/α-hetero) is 1. The lowest BCUT2D eigenvalue weighted by Gasteiger charge is -2.09. The summed E-state index contributed by atoms with van der Waals surface area (Å²) in [5.41, 5.74) is 0.642. The number of benzene rings is 1. The van der Waals surface area contributed by atoms with E-state index in [0.29, 0.717) is 28.1 Å². The third kappa shape index (κ3) is 2.76. The lowest BCUT2D eigenvalue weighted by molar-refractivity contribution is 0.0971. The van der Waals surface area contributed by atoms with Gasteiger partial charge >= 0.3 is 0 Å². The smallest absolute Gasteiger partial charge is 0.164 e. The van der Waals surface area contributed by atoms with Gasteiger partial charge < -0.3 is 5.32 Å². The summed E-state index contributed by atoms with van der Waals surface area (Å²) in [6, 6.07) is 5.35. The Kier molecular flexibility index (Phi) is 3.85. The van der Waals surface area contributed by atoms with Gasteiger partial charge in [-0.05, 0) is 37.6 Å². The van der Waals surface area contributed by atoms with Crippen LogP contribution in [0.15, 0.2) is 18.2 Å². The van der Waals surface area contributed by atoms with Gasteiger partial charge in [-0.1, -0.05) is 23.2 Å². The van der Waals surface area contributed by atoms with Gasteiger partial charge in [0.1, 0.15) is 0 Å². The van der Waals surface area contributed by atoms with E-state index in [4.69, 9.17) is 23.2 Å². The summed E-state index contributed by atoms with van der Waals surface area (Å²) in [4.78, 5) is 11.9. The van der Waals surface area contributed by atoms with Gasteiger partial charge in [-0.2, -0.15) is 0 Å². The minimum absolute atomic E-state index is 0.123. The first-order valence-electron chi connectivity index (χ1n) is 5.38. The zero-order valence-electron chi connectivity index (χ0n) is 8.80. The zero-order chi connectivity index (χ0) is 11.5. The molecule has 1 aliphatic heterocycles. The summed E-state index contributed by atoms with van der Waals surface area (Å²) in [6.07, 6.45) is 2.77. The van der Waals surface area contributed by atoms with Crippen molar-refractivity contribution in [3.8, 4) is 0 Å². The second-order valence-electron chi connectivity index (χ2n) is 4.05. The van der Waals surface area contributed by atoms with E-state index in [9.17, 15) is 4.79 Å². The minimum Gasteiger partial charge on any atom is -0.314 e. The molecule has 0 saturated carbocycles. The van der Waals surface area contributed by atoms with E-state index >= 15 is 0 Å². The van der Waals surface area contributed by atoms with Crippen molar-refractivity contribution >= 4 is 29.0 Å². The van der Waals surface area contributed by atoms with Crippen LogP contribution in [0.2, 0.25) is 10.0 Å². The van der Waals surface area contributed by atoms with Crippen molar-refractivity contribution in [2.24, 2.45) is 0 Å². The molecule has 2 rings (SSSR count).